The van der Waals surface area contributed by atoms with Crippen LogP contribution < -0.4 is 5.32 Å². The van der Waals surface area contributed by atoms with E-state index >= 15 is 0 Å². The van der Waals surface area contributed by atoms with Gasteiger partial charge in [-0.25, -0.2) is 0 Å². The van der Waals surface area contributed by atoms with E-state index in [2.05, 4.69) is 35.3 Å². The van der Waals surface area contributed by atoms with Gasteiger partial charge in [0.15, 0.2) is 5.76 Å². The molecule has 1 saturated carbocycles. The molecule has 1 aliphatic carbocycles. The zero-order valence-corrected chi connectivity index (χ0v) is 10.2. The molecular weight excluding hydrogens is 202 g/mol. The van der Waals surface area contributed by atoms with Crippen molar-refractivity contribution < 1.29 is 4.52 Å². The topological polar surface area (TPSA) is 41.3 Å². The third-order valence-electron chi connectivity index (χ3n) is 3.03. The molecular formula is C12H21N3O. The maximum absolute atomic E-state index is 5.32. The highest BCUT2D eigenvalue weighted by atomic mass is 16.5. The lowest BCUT2D eigenvalue weighted by Crippen LogP contribution is -2.21. The molecule has 0 radical (unpaired) electrons. The van der Waals surface area contributed by atoms with Crippen molar-refractivity contribution in [1.82, 2.24) is 15.4 Å². The highest BCUT2D eigenvalue weighted by Gasteiger charge is 2.20. The van der Waals surface area contributed by atoms with Gasteiger partial charge < -0.3 is 9.84 Å². The Hall–Kier alpha value is -0.870. The van der Waals surface area contributed by atoms with Crippen molar-refractivity contribution in [3.8, 4) is 0 Å². The van der Waals surface area contributed by atoms with Gasteiger partial charge in [0, 0.05) is 18.7 Å². The van der Waals surface area contributed by atoms with Crippen LogP contribution in [0, 0.1) is 0 Å². The Balaban J connectivity index is 1.80. The summed E-state index contributed by atoms with van der Waals surface area (Å²) in [5.41, 5.74) is 1.02. The van der Waals surface area contributed by atoms with E-state index in [-0.39, 0.29) is 0 Å². The zero-order valence-electron chi connectivity index (χ0n) is 10.2. The summed E-state index contributed by atoms with van der Waals surface area (Å²) in [5.74, 6) is 0.969. The van der Waals surface area contributed by atoms with Crippen LogP contribution in [0.5, 0.6) is 0 Å². The number of aromatic nitrogens is 1. The zero-order chi connectivity index (χ0) is 11.4. The lowest BCUT2D eigenvalue weighted by atomic mass is 10.3. The molecule has 0 amide bonds. The summed E-state index contributed by atoms with van der Waals surface area (Å²) in [6, 6.07) is 2.79. The molecule has 1 aromatic rings. The third-order valence-corrected chi connectivity index (χ3v) is 3.03. The molecule has 16 heavy (non-hydrogen) atoms. The average molecular weight is 223 g/mol. The summed E-state index contributed by atoms with van der Waals surface area (Å²) < 4.78 is 5.32. The van der Waals surface area contributed by atoms with Crippen LogP contribution in [0.1, 0.15) is 38.1 Å². The maximum atomic E-state index is 5.32. The summed E-state index contributed by atoms with van der Waals surface area (Å²) >= 11 is 0. The van der Waals surface area contributed by atoms with Crippen LogP contribution in [0.15, 0.2) is 10.6 Å². The first-order valence-electron chi connectivity index (χ1n) is 6.22. The summed E-state index contributed by atoms with van der Waals surface area (Å²) in [5, 5.41) is 7.50. The quantitative estimate of drug-likeness (QED) is 0.765. The minimum absolute atomic E-state index is 0.725. The SMILES string of the molecule is CCN(CC)Cc1cc(CNC2CC2)no1. The molecule has 1 fully saturated rings. The van der Waals surface area contributed by atoms with Crippen molar-refractivity contribution >= 4 is 0 Å². The van der Waals surface area contributed by atoms with Crippen LogP contribution in [0.3, 0.4) is 0 Å². The van der Waals surface area contributed by atoms with Gasteiger partial charge in [-0.2, -0.15) is 0 Å². The monoisotopic (exact) mass is 223 g/mol. The molecule has 4 nitrogen and oxygen atoms in total. The van der Waals surface area contributed by atoms with Crippen molar-refractivity contribution in [2.75, 3.05) is 13.1 Å². The number of nitrogens with one attached hydrogen (secondary N) is 1. The second kappa shape index (κ2) is 5.46. The van der Waals surface area contributed by atoms with Gasteiger partial charge in [0.2, 0.25) is 0 Å². The van der Waals surface area contributed by atoms with Crippen LogP contribution in [0.25, 0.3) is 0 Å². The fourth-order valence-electron chi connectivity index (χ4n) is 1.72. The number of nitrogens with zero attached hydrogens (tertiary/aromatic N) is 2. The van der Waals surface area contributed by atoms with Gasteiger partial charge in [-0.3, -0.25) is 4.90 Å². The molecule has 90 valence electrons. The van der Waals surface area contributed by atoms with E-state index in [1.54, 1.807) is 0 Å². The van der Waals surface area contributed by atoms with Crippen molar-refractivity contribution in [2.45, 2.75) is 45.8 Å². The first-order valence-corrected chi connectivity index (χ1v) is 6.22. The normalized spacial score (nSPS) is 15.9. The molecule has 0 spiro atoms. The van der Waals surface area contributed by atoms with E-state index in [4.69, 9.17) is 4.52 Å². The number of hydrogen-bond acceptors (Lipinski definition) is 4. The Labute approximate surface area is 97.0 Å². The molecule has 0 saturated heterocycles. The Morgan fingerprint density at radius 3 is 2.81 bits per heavy atom. The molecule has 0 bridgehead atoms. The first kappa shape index (κ1) is 11.6. The molecule has 0 unspecified atom stereocenters. The highest BCUT2D eigenvalue weighted by molar-refractivity contribution is 5.05. The maximum Gasteiger partial charge on any atom is 0.151 e. The van der Waals surface area contributed by atoms with Crippen LogP contribution in [-0.2, 0) is 13.1 Å². The van der Waals surface area contributed by atoms with E-state index < -0.39 is 0 Å². The van der Waals surface area contributed by atoms with E-state index in [1.807, 2.05) is 0 Å². The van der Waals surface area contributed by atoms with Gasteiger partial charge in [0.1, 0.15) is 0 Å². The fourth-order valence-corrected chi connectivity index (χ4v) is 1.72. The molecule has 0 aromatic carbocycles. The van der Waals surface area contributed by atoms with E-state index in [9.17, 15) is 0 Å². The molecule has 1 N–H and O–H groups in total. The van der Waals surface area contributed by atoms with E-state index in [0.29, 0.717) is 0 Å². The summed E-state index contributed by atoms with van der Waals surface area (Å²) in [6.45, 7) is 8.13. The third kappa shape index (κ3) is 3.32. The molecule has 1 aliphatic rings. The minimum Gasteiger partial charge on any atom is -0.360 e. The van der Waals surface area contributed by atoms with Gasteiger partial charge in [-0.15, -0.1) is 0 Å². The van der Waals surface area contributed by atoms with Crippen LogP contribution >= 0.6 is 0 Å². The fraction of sp³-hybridized carbons (Fsp3) is 0.750. The molecule has 4 heteroatoms. The average Bonchev–Trinajstić information content (AvgIpc) is 3.03. The summed E-state index contributed by atoms with van der Waals surface area (Å²) in [4.78, 5) is 2.32. The van der Waals surface area contributed by atoms with Gasteiger partial charge in [0.25, 0.3) is 0 Å². The largest absolute Gasteiger partial charge is 0.360 e. The van der Waals surface area contributed by atoms with Gasteiger partial charge in [0.05, 0.1) is 12.2 Å². The summed E-state index contributed by atoms with van der Waals surface area (Å²) in [6.07, 6.45) is 2.62. The van der Waals surface area contributed by atoms with Crippen LogP contribution in [-0.4, -0.2) is 29.2 Å². The highest BCUT2D eigenvalue weighted by Crippen LogP contribution is 2.19. The van der Waals surface area contributed by atoms with Crippen molar-refractivity contribution in [3.05, 3.63) is 17.5 Å². The second-order valence-corrected chi connectivity index (χ2v) is 4.40. The standard InChI is InChI=1S/C12H21N3O/c1-3-15(4-2)9-12-7-11(14-16-12)8-13-10-5-6-10/h7,10,13H,3-6,8-9H2,1-2H3. The lowest BCUT2D eigenvalue weighted by molar-refractivity contribution is 0.251. The van der Waals surface area contributed by atoms with Gasteiger partial charge in [-0.05, 0) is 25.9 Å². The van der Waals surface area contributed by atoms with Crippen LogP contribution in [0.4, 0.5) is 0 Å². The van der Waals surface area contributed by atoms with Gasteiger partial charge >= 0.3 is 0 Å². The van der Waals surface area contributed by atoms with E-state index in [0.717, 1.165) is 43.7 Å². The Bertz CT molecular complexity index is 316. The first-order chi connectivity index (χ1) is 7.81. The molecule has 1 aromatic heterocycles. The second-order valence-electron chi connectivity index (χ2n) is 4.40. The van der Waals surface area contributed by atoms with Crippen molar-refractivity contribution in [3.63, 3.8) is 0 Å². The number of hydrogen-bond donors (Lipinski definition) is 1. The van der Waals surface area contributed by atoms with E-state index in [1.165, 1.54) is 12.8 Å². The summed E-state index contributed by atoms with van der Waals surface area (Å²) in [7, 11) is 0. The molecule has 0 atom stereocenters. The molecule has 0 aliphatic heterocycles. The van der Waals surface area contributed by atoms with Crippen LogP contribution in [0.2, 0.25) is 0 Å². The van der Waals surface area contributed by atoms with Gasteiger partial charge in [-0.1, -0.05) is 19.0 Å². The predicted molar refractivity (Wildman–Crippen MR) is 63.0 cm³/mol. The molecule has 2 rings (SSSR count). The smallest absolute Gasteiger partial charge is 0.151 e. The minimum atomic E-state index is 0.725. The van der Waals surface area contributed by atoms with Crippen molar-refractivity contribution in [2.24, 2.45) is 0 Å². The molecule has 1 heterocycles. The Morgan fingerprint density at radius 2 is 2.19 bits per heavy atom. The van der Waals surface area contributed by atoms with Crippen molar-refractivity contribution in [1.29, 1.82) is 0 Å². The Morgan fingerprint density at radius 1 is 1.44 bits per heavy atom. The Kier molecular flexibility index (Phi) is 3.96. The predicted octanol–water partition coefficient (Wildman–Crippen LogP) is 1.77. The lowest BCUT2D eigenvalue weighted by Gasteiger charge is -2.15. The number of rotatable bonds is 7.